The van der Waals surface area contributed by atoms with Crippen molar-refractivity contribution in [2.75, 3.05) is 238 Å². The molecule has 0 radical (unpaired) electrons. The first-order chi connectivity index (χ1) is 44.9. The summed E-state index contributed by atoms with van der Waals surface area (Å²) in [6.07, 6.45) is 1.30. The van der Waals surface area contributed by atoms with Crippen molar-refractivity contribution in [2.24, 2.45) is 0 Å². The molecule has 92 heavy (non-hydrogen) atoms. The largest absolute Gasteiger partial charge is 0.486 e. The van der Waals surface area contributed by atoms with Crippen LogP contribution in [0.25, 0.3) is 0 Å². The second-order valence-corrected chi connectivity index (χ2v) is 19.4. The molecular formula is C61H92F4N4O23. The molecule has 0 bridgehead atoms. The van der Waals surface area contributed by atoms with E-state index in [1.807, 2.05) is 0 Å². The minimum atomic E-state index is -1.67. The topological polar surface area (TPSA) is 299 Å². The van der Waals surface area contributed by atoms with Crippen molar-refractivity contribution in [3.63, 3.8) is 0 Å². The van der Waals surface area contributed by atoms with Crippen molar-refractivity contribution >= 4 is 35.3 Å². The number of rotatable bonds is 63. The minimum absolute atomic E-state index is 0.0000956. The molecule has 3 rings (SSSR count). The number of benzene rings is 2. The van der Waals surface area contributed by atoms with Crippen molar-refractivity contribution in [3.8, 4) is 5.75 Å². The number of carbonyl (C=O) groups excluding carboxylic acids is 6. The van der Waals surface area contributed by atoms with E-state index in [0.29, 0.717) is 138 Å². The minimum Gasteiger partial charge on any atom is -0.486 e. The maximum absolute atomic E-state index is 14.1. The molecule has 2 aromatic rings. The van der Waals surface area contributed by atoms with Gasteiger partial charge in [-0.1, -0.05) is 12.1 Å². The lowest BCUT2D eigenvalue weighted by molar-refractivity contribution is -0.137. The average molecular weight is 1330 g/mol. The molecule has 1 aliphatic heterocycles. The summed E-state index contributed by atoms with van der Waals surface area (Å²) in [6, 6.07) is 5.11. The van der Waals surface area contributed by atoms with Crippen LogP contribution in [0.3, 0.4) is 0 Å². The van der Waals surface area contributed by atoms with Crippen LogP contribution < -0.4 is 20.7 Å². The molecule has 1 atom stereocenters. The Morgan fingerprint density at radius 3 is 1.20 bits per heavy atom. The summed E-state index contributed by atoms with van der Waals surface area (Å²) >= 11 is 0. The summed E-state index contributed by atoms with van der Waals surface area (Å²) < 4.78 is 148. The van der Waals surface area contributed by atoms with E-state index in [1.54, 1.807) is 19.2 Å². The number of hydrogen-bond donors (Lipinski definition) is 3. The maximum Gasteiger partial charge on any atom is 0.253 e. The predicted molar refractivity (Wildman–Crippen MR) is 318 cm³/mol. The Hall–Kier alpha value is -5.72. The third-order valence-corrected chi connectivity index (χ3v) is 12.3. The zero-order valence-electron chi connectivity index (χ0n) is 52.5. The van der Waals surface area contributed by atoms with E-state index < -0.39 is 77.3 Å². The van der Waals surface area contributed by atoms with E-state index in [4.69, 9.17) is 80.5 Å². The predicted octanol–water partition coefficient (Wildman–Crippen LogP) is 1.29. The molecule has 0 spiro atoms. The van der Waals surface area contributed by atoms with Crippen LogP contribution in [0.15, 0.2) is 42.5 Å². The van der Waals surface area contributed by atoms with Crippen LogP contribution in [0.2, 0.25) is 0 Å². The van der Waals surface area contributed by atoms with Gasteiger partial charge in [-0.2, -0.15) is 0 Å². The lowest BCUT2D eigenvalue weighted by Gasteiger charge is -2.19. The number of nitrogens with one attached hydrogen (secondary N) is 3. The van der Waals surface area contributed by atoms with E-state index in [2.05, 4.69) is 16.0 Å². The number of carbonyl (C=O) groups is 6. The number of hydrogen-bond acceptors (Lipinski definition) is 23. The highest BCUT2D eigenvalue weighted by Crippen LogP contribution is 2.21. The molecule has 0 aromatic heterocycles. The molecule has 0 unspecified atom stereocenters. The summed E-state index contributed by atoms with van der Waals surface area (Å²) in [7, 11) is 1.63. The number of halogens is 4. The lowest BCUT2D eigenvalue weighted by atomic mass is 10.0. The molecule has 0 saturated heterocycles. The first-order valence-corrected chi connectivity index (χ1v) is 30.5. The van der Waals surface area contributed by atoms with Gasteiger partial charge in [0.25, 0.3) is 11.8 Å². The molecule has 3 N–H and O–H groups in total. The third-order valence-electron chi connectivity index (χ3n) is 12.3. The average Bonchev–Trinajstić information content (AvgIpc) is 1.38. The van der Waals surface area contributed by atoms with Crippen molar-refractivity contribution in [1.29, 1.82) is 0 Å². The van der Waals surface area contributed by atoms with Gasteiger partial charge in [-0.05, 0) is 17.7 Å². The summed E-state index contributed by atoms with van der Waals surface area (Å²) in [6.45, 7) is 11.2. The highest BCUT2D eigenvalue weighted by atomic mass is 19.2. The number of amides is 5. The number of imide groups is 1. The number of methoxy groups -OCH3 is 1. The molecule has 2 aromatic carbocycles. The lowest BCUT2D eigenvalue weighted by Crippen LogP contribution is -2.48. The summed E-state index contributed by atoms with van der Waals surface area (Å²) in [4.78, 5) is 75.0. The van der Waals surface area contributed by atoms with Crippen molar-refractivity contribution in [2.45, 2.75) is 31.7 Å². The Labute approximate surface area is 534 Å². The maximum atomic E-state index is 14.1. The zero-order valence-corrected chi connectivity index (χ0v) is 52.5. The molecule has 1 heterocycles. The molecule has 5 amide bonds. The molecule has 0 fully saturated rings. The van der Waals surface area contributed by atoms with Crippen molar-refractivity contribution in [3.05, 3.63) is 76.9 Å². The molecule has 0 saturated carbocycles. The Balaban J connectivity index is 1.19. The Kier molecular flexibility index (Phi) is 47.8. The smallest absolute Gasteiger partial charge is 0.253 e. The van der Waals surface area contributed by atoms with Crippen LogP contribution >= 0.6 is 0 Å². The van der Waals surface area contributed by atoms with E-state index in [-0.39, 0.29) is 129 Å². The number of Topliss-reactive ketones (excluding diaryl/α,β-unsaturated/α-hetero) is 1. The van der Waals surface area contributed by atoms with Crippen LogP contribution in [-0.4, -0.2) is 284 Å². The standard InChI is InChI=1S/C61H92F4N4O23/c1-76-16-17-80-24-25-84-30-31-86-34-35-88-38-39-90-42-43-91-41-40-89-37-36-87-33-32-85-29-28-83-23-20-79-15-11-67-61(75)54(44-48-2-4-50(5-3-48)92-47-49(70)45-51-59(64)52(62)46-53(63)60(51)65)68-56(72)9-13-77-18-21-81-26-27-82-22-19-78-14-10-66-55(71)8-12-69-57(73)6-7-58(69)74/h2-7,46,54H,8-45,47H2,1H3,(H,66,71)(H,67,75)(H,68,72)/t54-/m0/s1. The molecule has 0 aliphatic carbocycles. The fraction of sp³-hybridized carbons (Fsp3) is 0.672. The number of ether oxygens (including phenoxy) is 17. The van der Waals surface area contributed by atoms with E-state index >= 15 is 0 Å². The van der Waals surface area contributed by atoms with Crippen LogP contribution in [0.1, 0.15) is 24.0 Å². The number of nitrogens with zero attached hydrogens (tertiary/aromatic N) is 1. The molecule has 522 valence electrons. The van der Waals surface area contributed by atoms with Crippen molar-refractivity contribution in [1.82, 2.24) is 20.9 Å². The normalized spacial score (nSPS) is 12.5. The third kappa shape index (κ3) is 41.1. The van der Waals surface area contributed by atoms with Crippen LogP contribution in [0, 0.1) is 23.3 Å². The quantitative estimate of drug-likeness (QED) is 0.0364. The molecular weight excluding hydrogens is 1230 g/mol. The highest BCUT2D eigenvalue weighted by molar-refractivity contribution is 6.13. The second kappa shape index (κ2) is 54.7. The fourth-order valence-corrected chi connectivity index (χ4v) is 7.58. The van der Waals surface area contributed by atoms with E-state index in [0.717, 1.165) is 17.1 Å². The van der Waals surface area contributed by atoms with Gasteiger partial charge < -0.3 is 96.5 Å². The van der Waals surface area contributed by atoms with Crippen LogP contribution in [-0.2, 0) is 117 Å². The van der Waals surface area contributed by atoms with E-state index in [9.17, 15) is 46.3 Å². The summed E-state index contributed by atoms with van der Waals surface area (Å²) in [5.41, 5.74) is -0.471. The van der Waals surface area contributed by atoms with Gasteiger partial charge in [0.2, 0.25) is 17.7 Å². The monoisotopic (exact) mass is 1320 g/mol. The van der Waals surface area contributed by atoms with Gasteiger partial charge >= 0.3 is 0 Å². The summed E-state index contributed by atoms with van der Waals surface area (Å²) in [5.74, 6) is -9.48. The molecule has 27 nitrogen and oxygen atoms in total. The van der Waals surface area contributed by atoms with Gasteiger partial charge in [-0.3, -0.25) is 33.7 Å². The van der Waals surface area contributed by atoms with Gasteiger partial charge in [-0.15, -0.1) is 0 Å². The van der Waals surface area contributed by atoms with E-state index in [1.165, 1.54) is 12.1 Å². The second-order valence-electron chi connectivity index (χ2n) is 19.4. The number of ketones is 1. The summed E-state index contributed by atoms with van der Waals surface area (Å²) in [5, 5.41) is 8.14. The Bertz CT molecular complexity index is 2310. The van der Waals surface area contributed by atoms with Gasteiger partial charge in [0.15, 0.2) is 29.1 Å². The highest BCUT2D eigenvalue weighted by Gasteiger charge is 2.25. The van der Waals surface area contributed by atoms with Gasteiger partial charge in [0.1, 0.15) is 18.4 Å². The van der Waals surface area contributed by atoms with Crippen LogP contribution in [0.4, 0.5) is 17.6 Å². The van der Waals surface area contributed by atoms with Crippen LogP contribution in [0.5, 0.6) is 5.75 Å². The zero-order chi connectivity index (χ0) is 66.3. The Morgan fingerprint density at radius 2 is 0.804 bits per heavy atom. The first kappa shape index (κ1) is 80.5. The van der Waals surface area contributed by atoms with Gasteiger partial charge in [-0.25, -0.2) is 17.6 Å². The Morgan fingerprint density at radius 1 is 0.446 bits per heavy atom. The molecule has 1 aliphatic rings. The SMILES string of the molecule is COCCOCCOCCOCCOCCOCCOCCOCCOCCOCCOCCOCCNC(=O)[C@H](Cc1ccc(OCC(=O)Cc2c(F)c(F)cc(F)c2F)cc1)NC(=O)CCOCCOCCOCCOCCNC(=O)CCN1C(=O)C=CC1=O. The van der Waals surface area contributed by atoms with Gasteiger partial charge in [0, 0.05) is 76.2 Å². The molecule has 31 heteroatoms. The van der Waals surface area contributed by atoms with Crippen molar-refractivity contribution < 1.29 is 127 Å². The first-order valence-electron chi connectivity index (χ1n) is 30.5. The van der Waals surface area contributed by atoms with Gasteiger partial charge in [0.05, 0.1) is 205 Å². The fourth-order valence-electron chi connectivity index (χ4n) is 7.58.